The van der Waals surface area contributed by atoms with Crippen LogP contribution in [0.25, 0.3) is 0 Å². The van der Waals surface area contributed by atoms with E-state index in [1.165, 1.54) is 7.11 Å². The van der Waals surface area contributed by atoms with Crippen LogP contribution in [0.3, 0.4) is 0 Å². The Labute approximate surface area is 140 Å². The largest absolute Gasteiger partial charge is 0.399 e. The molecule has 0 saturated carbocycles. The van der Waals surface area contributed by atoms with E-state index in [2.05, 4.69) is 27.0 Å². The third-order valence-electron chi connectivity index (χ3n) is 3.28. The van der Waals surface area contributed by atoms with Gasteiger partial charge < -0.3 is 9.40 Å². The molecule has 0 saturated heterocycles. The number of aromatic nitrogens is 3. The smallest absolute Gasteiger partial charge is 0.125 e. The maximum atomic E-state index is 4.93. The molecule has 0 radical (unpaired) electrons. The number of benzene rings is 1. The van der Waals surface area contributed by atoms with Gasteiger partial charge in [0.25, 0.3) is 0 Å². The lowest BCUT2D eigenvalue weighted by Gasteiger charge is -2.06. The van der Waals surface area contributed by atoms with E-state index in [1.54, 1.807) is 18.7 Å². The summed E-state index contributed by atoms with van der Waals surface area (Å²) in [6, 6.07) is 13.7. The third kappa shape index (κ3) is 4.08. The Balaban J connectivity index is 1.77. The summed E-state index contributed by atoms with van der Waals surface area (Å²) in [5.74, 6) is 6.22. The predicted molar refractivity (Wildman–Crippen MR) is 92.4 cm³/mol. The average Bonchev–Trinajstić information content (AvgIpc) is 3.14. The van der Waals surface area contributed by atoms with Gasteiger partial charge in [-0.05, 0) is 24.3 Å². The zero-order valence-corrected chi connectivity index (χ0v) is 13.3. The van der Waals surface area contributed by atoms with Gasteiger partial charge in [0.05, 0.1) is 18.6 Å². The molecule has 0 spiro atoms. The summed E-state index contributed by atoms with van der Waals surface area (Å²) in [4.78, 5) is 13.4. The lowest BCUT2D eigenvalue weighted by Crippen LogP contribution is -2.12. The second-order valence-corrected chi connectivity index (χ2v) is 5.00. The van der Waals surface area contributed by atoms with Crippen molar-refractivity contribution in [1.82, 2.24) is 14.5 Å². The van der Waals surface area contributed by atoms with E-state index in [1.807, 2.05) is 53.2 Å². The highest BCUT2D eigenvalue weighted by atomic mass is 16.6. The van der Waals surface area contributed by atoms with E-state index in [4.69, 9.17) is 4.84 Å². The first-order valence-electron chi connectivity index (χ1n) is 7.44. The number of hydrogen-bond donors (Lipinski definition) is 0. The van der Waals surface area contributed by atoms with Gasteiger partial charge in [-0.2, -0.15) is 0 Å². The van der Waals surface area contributed by atoms with E-state index in [9.17, 15) is 0 Å². The van der Waals surface area contributed by atoms with Crippen LogP contribution in [0.4, 0.5) is 0 Å². The number of rotatable bonds is 4. The van der Waals surface area contributed by atoms with Crippen LogP contribution in [-0.2, 0) is 11.4 Å². The first kappa shape index (κ1) is 15.5. The molecule has 0 bridgehead atoms. The molecule has 0 unspecified atom stereocenters. The van der Waals surface area contributed by atoms with Crippen molar-refractivity contribution in [2.75, 3.05) is 7.11 Å². The highest BCUT2D eigenvalue weighted by molar-refractivity contribution is 5.98. The molecular weight excluding hydrogens is 300 g/mol. The zero-order valence-electron chi connectivity index (χ0n) is 13.3. The molecule has 3 aromatic rings. The van der Waals surface area contributed by atoms with Gasteiger partial charge in [-0.3, -0.25) is 4.98 Å². The molecule has 1 aromatic carbocycles. The summed E-state index contributed by atoms with van der Waals surface area (Å²) in [5.41, 5.74) is 3.29. The molecule has 118 valence electrons. The molecule has 0 fully saturated rings. The van der Waals surface area contributed by atoms with Crippen molar-refractivity contribution in [2.45, 2.75) is 6.54 Å². The van der Waals surface area contributed by atoms with Crippen LogP contribution in [0.2, 0.25) is 0 Å². The fraction of sp³-hybridized carbons (Fsp3) is 0.105. The van der Waals surface area contributed by atoms with Crippen LogP contribution in [0.15, 0.2) is 72.5 Å². The van der Waals surface area contributed by atoms with Crippen molar-refractivity contribution in [3.05, 3.63) is 84.2 Å². The molecule has 2 heterocycles. The minimum absolute atomic E-state index is 0.538. The summed E-state index contributed by atoms with van der Waals surface area (Å²) in [7, 11) is 1.52. The summed E-state index contributed by atoms with van der Waals surface area (Å²) in [5, 5.41) is 4.06. The Morgan fingerprint density at radius 1 is 1.12 bits per heavy atom. The average molecular weight is 316 g/mol. The van der Waals surface area contributed by atoms with E-state index >= 15 is 0 Å². The topological polar surface area (TPSA) is 52.3 Å². The lowest BCUT2D eigenvalue weighted by atomic mass is 10.2. The molecule has 24 heavy (non-hydrogen) atoms. The minimum atomic E-state index is 0.538. The third-order valence-corrected chi connectivity index (χ3v) is 3.28. The highest BCUT2D eigenvalue weighted by Gasteiger charge is 2.07. The number of pyridine rings is 1. The molecule has 0 aliphatic rings. The highest BCUT2D eigenvalue weighted by Crippen LogP contribution is 2.05. The van der Waals surface area contributed by atoms with Gasteiger partial charge in [-0.1, -0.05) is 35.2 Å². The Morgan fingerprint density at radius 3 is 2.62 bits per heavy atom. The Hall–Kier alpha value is -3.39. The molecule has 0 aliphatic heterocycles. The quantitative estimate of drug-likeness (QED) is 0.422. The molecule has 0 N–H and O–H groups in total. The van der Waals surface area contributed by atoms with Gasteiger partial charge in [0.2, 0.25) is 0 Å². The summed E-state index contributed by atoms with van der Waals surface area (Å²) in [6.07, 6.45) is 7.06. The van der Waals surface area contributed by atoms with Gasteiger partial charge >= 0.3 is 0 Å². The molecule has 3 rings (SSSR count). The first-order valence-corrected chi connectivity index (χ1v) is 7.44. The van der Waals surface area contributed by atoms with Crippen molar-refractivity contribution in [1.29, 1.82) is 0 Å². The number of nitrogens with zero attached hydrogens (tertiary/aromatic N) is 4. The fourth-order valence-electron chi connectivity index (χ4n) is 2.12. The lowest BCUT2D eigenvalue weighted by molar-refractivity contribution is 0.212. The van der Waals surface area contributed by atoms with Crippen LogP contribution in [0.5, 0.6) is 0 Å². The summed E-state index contributed by atoms with van der Waals surface area (Å²) < 4.78 is 1.91. The van der Waals surface area contributed by atoms with Crippen molar-refractivity contribution in [2.24, 2.45) is 5.16 Å². The summed E-state index contributed by atoms with van der Waals surface area (Å²) >= 11 is 0. The van der Waals surface area contributed by atoms with Gasteiger partial charge in [-0.25, -0.2) is 4.98 Å². The van der Waals surface area contributed by atoms with E-state index in [0.29, 0.717) is 6.54 Å². The number of oxime groups is 1. The second-order valence-electron chi connectivity index (χ2n) is 5.00. The van der Waals surface area contributed by atoms with Gasteiger partial charge in [0.15, 0.2) is 0 Å². The van der Waals surface area contributed by atoms with E-state index in [0.717, 1.165) is 22.5 Å². The maximum absolute atomic E-state index is 4.93. The number of hydrogen-bond acceptors (Lipinski definition) is 4. The van der Waals surface area contributed by atoms with Crippen LogP contribution in [0.1, 0.15) is 16.8 Å². The van der Waals surface area contributed by atoms with Gasteiger partial charge in [0.1, 0.15) is 12.8 Å². The molecule has 0 atom stereocenters. The predicted octanol–water partition coefficient (Wildman–Crippen LogP) is 2.73. The van der Waals surface area contributed by atoms with Crippen LogP contribution >= 0.6 is 0 Å². The zero-order chi connectivity index (χ0) is 16.6. The molecule has 0 amide bonds. The molecule has 0 aliphatic carbocycles. The first-order chi connectivity index (χ1) is 11.8. The van der Waals surface area contributed by atoms with Crippen molar-refractivity contribution in [3.63, 3.8) is 0 Å². The standard InChI is InChI=1S/C19H16N4O/c1-24-22-19(14-23-12-11-20-15-23)18-10-9-17(13-21-18)8-7-16-5-3-2-4-6-16/h2-6,9-13,15H,14H2,1H3/b22-19+. The van der Waals surface area contributed by atoms with Gasteiger partial charge in [-0.15, -0.1) is 0 Å². The minimum Gasteiger partial charge on any atom is -0.399 e. The van der Waals surface area contributed by atoms with E-state index in [-0.39, 0.29) is 0 Å². The van der Waals surface area contributed by atoms with Crippen LogP contribution < -0.4 is 0 Å². The Kier molecular flexibility index (Phi) is 5.00. The number of imidazole rings is 1. The molecule has 5 heteroatoms. The Morgan fingerprint density at radius 2 is 1.96 bits per heavy atom. The SMILES string of the molecule is CO/N=C(\Cn1ccnc1)c1ccc(C#Cc2ccccc2)cn1. The monoisotopic (exact) mass is 316 g/mol. The van der Waals surface area contributed by atoms with Crippen LogP contribution in [0, 0.1) is 11.8 Å². The van der Waals surface area contributed by atoms with E-state index < -0.39 is 0 Å². The summed E-state index contributed by atoms with van der Waals surface area (Å²) in [6.45, 7) is 0.538. The second kappa shape index (κ2) is 7.75. The molecule has 2 aromatic heterocycles. The van der Waals surface area contributed by atoms with Crippen molar-refractivity contribution >= 4 is 5.71 Å². The Bertz CT molecular complexity index is 857. The molecular formula is C19H16N4O. The van der Waals surface area contributed by atoms with Crippen molar-refractivity contribution < 1.29 is 4.84 Å². The molecule has 5 nitrogen and oxygen atoms in total. The van der Waals surface area contributed by atoms with Crippen molar-refractivity contribution in [3.8, 4) is 11.8 Å². The van der Waals surface area contributed by atoms with Gasteiger partial charge in [0, 0.05) is 29.7 Å². The normalized spacial score (nSPS) is 10.8. The fourth-order valence-corrected chi connectivity index (χ4v) is 2.12. The van der Waals surface area contributed by atoms with Crippen LogP contribution in [-0.4, -0.2) is 27.4 Å². The maximum Gasteiger partial charge on any atom is 0.125 e.